The summed E-state index contributed by atoms with van der Waals surface area (Å²) in [5, 5.41) is 14.1. The van der Waals surface area contributed by atoms with Crippen molar-refractivity contribution in [2.45, 2.75) is 0 Å². The highest BCUT2D eigenvalue weighted by Crippen LogP contribution is 2.31. The molecule has 0 aliphatic heterocycles. The molecule has 96 valence electrons. The van der Waals surface area contributed by atoms with E-state index < -0.39 is 0 Å². The SMILES string of the molecule is N=Nc1ccccc1N=Nc1cccc2ccccc12. The van der Waals surface area contributed by atoms with E-state index in [-0.39, 0.29) is 0 Å². The maximum Gasteiger partial charge on any atom is 0.113 e. The van der Waals surface area contributed by atoms with Crippen LogP contribution in [0.2, 0.25) is 0 Å². The highest BCUT2D eigenvalue weighted by atomic mass is 15.1. The summed E-state index contributed by atoms with van der Waals surface area (Å²) in [6, 6.07) is 21.2. The average Bonchev–Trinajstić information content (AvgIpc) is 2.53. The van der Waals surface area contributed by atoms with Crippen LogP contribution in [0.15, 0.2) is 82.1 Å². The first-order chi connectivity index (χ1) is 9.88. The van der Waals surface area contributed by atoms with Crippen LogP contribution in [0.5, 0.6) is 0 Å². The van der Waals surface area contributed by atoms with E-state index in [2.05, 4.69) is 15.3 Å². The zero-order valence-corrected chi connectivity index (χ0v) is 10.7. The molecule has 0 radical (unpaired) electrons. The van der Waals surface area contributed by atoms with E-state index >= 15 is 0 Å². The van der Waals surface area contributed by atoms with E-state index in [1.807, 2.05) is 54.6 Å². The molecule has 0 saturated carbocycles. The van der Waals surface area contributed by atoms with Gasteiger partial charge in [0.2, 0.25) is 0 Å². The second-order valence-corrected chi connectivity index (χ2v) is 4.30. The van der Waals surface area contributed by atoms with Crippen LogP contribution in [-0.4, -0.2) is 0 Å². The molecule has 4 nitrogen and oxygen atoms in total. The topological polar surface area (TPSA) is 60.9 Å². The van der Waals surface area contributed by atoms with Crippen molar-refractivity contribution < 1.29 is 0 Å². The Morgan fingerprint density at radius 2 is 1.20 bits per heavy atom. The lowest BCUT2D eigenvalue weighted by Crippen LogP contribution is -1.72. The van der Waals surface area contributed by atoms with Gasteiger partial charge in [-0.05, 0) is 23.6 Å². The molecule has 0 fully saturated rings. The molecule has 0 unspecified atom stereocenters. The van der Waals surface area contributed by atoms with Gasteiger partial charge < -0.3 is 0 Å². The number of hydrogen-bond acceptors (Lipinski definition) is 4. The number of fused-ring (bicyclic) bond motifs is 1. The molecule has 0 aromatic heterocycles. The number of benzene rings is 3. The number of para-hydroxylation sites is 1. The van der Waals surface area contributed by atoms with Crippen LogP contribution < -0.4 is 0 Å². The summed E-state index contributed by atoms with van der Waals surface area (Å²) in [7, 11) is 0. The summed E-state index contributed by atoms with van der Waals surface area (Å²) in [5.74, 6) is 0. The standard InChI is InChI=1S/C16H12N4/c17-18-15-9-3-4-10-16(15)20-19-14-11-5-7-12-6-1-2-8-13(12)14/h1-11,17H. The number of hydrogen-bond donors (Lipinski definition) is 1. The molecule has 0 heterocycles. The van der Waals surface area contributed by atoms with E-state index in [1.54, 1.807) is 12.1 Å². The molecule has 0 bridgehead atoms. The molecular formula is C16H12N4. The van der Waals surface area contributed by atoms with Crippen LogP contribution >= 0.6 is 0 Å². The molecule has 3 aromatic carbocycles. The largest absolute Gasteiger partial charge is 0.204 e. The summed E-state index contributed by atoms with van der Waals surface area (Å²) in [4.78, 5) is 0. The highest BCUT2D eigenvalue weighted by Gasteiger charge is 2.00. The van der Waals surface area contributed by atoms with Crippen molar-refractivity contribution in [3.05, 3.63) is 66.7 Å². The number of nitrogens with zero attached hydrogens (tertiary/aromatic N) is 3. The minimum absolute atomic E-state index is 0.511. The lowest BCUT2D eigenvalue weighted by Gasteiger charge is -2.01. The summed E-state index contributed by atoms with van der Waals surface area (Å²) in [6.07, 6.45) is 0. The van der Waals surface area contributed by atoms with Crippen molar-refractivity contribution in [3.8, 4) is 0 Å². The van der Waals surface area contributed by atoms with Crippen molar-refractivity contribution in [1.29, 1.82) is 5.53 Å². The van der Waals surface area contributed by atoms with Gasteiger partial charge in [-0.1, -0.05) is 48.5 Å². The van der Waals surface area contributed by atoms with Crippen LogP contribution in [0.1, 0.15) is 0 Å². The summed E-state index contributed by atoms with van der Waals surface area (Å²) < 4.78 is 0. The first kappa shape index (κ1) is 12.2. The molecule has 0 aliphatic carbocycles. The predicted octanol–water partition coefficient (Wildman–Crippen LogP) is 5.92. The third kappa shape index (κ3) is 2.31. The van der Waals surface area contributed by atoms with E-state index in [0.29, 0.717) is 11.4 Å². The van der Waals surface area contributed by atoms with E-state index in [0.717, 1.165) is 16.5 Å². The molecule has 3 rings (SSSR count). The highest BCUT2D eigenvalue weighted by molar-refractivity contribution is 5.92. The Bertz CT molecular complexity index is 788. The zero-order chi connectivity index (χ0) is 13.8. The van der Waals surface area contributed by atoms with Crippen molar-refractivity contribution in [2.24, 2.45) is 15.3 Å². The van der Waals surface area contributed by atoms with Gasteiger partial charge in [0, 0.05) is 5.39 Å². The molecule has 0 amide bonds. The molecule has 0 saturated heterocycles. The quantitative estimate of drug-likeness (QED) is 0.568. The van der Waals surface area contributed by atoms with Gasteiger partial charge in [-0.3, -0.25) is 0 Å². The third-order valence-corrected chi connectivity index (χ3v) is 3.03. The summed E-state index contributed by atoms with van der Waals surface area (Å²) in [6.45, 7) is 0. The maximum absolute atomic E-state index is 7.12. The van der Waals surface area contributed by atoms with Gasteiger partial charge in [-0.2, -0.15) is 5.11 Å². The molecule has 3 aromatic rings. The van der Waals surface area contributed by atoms with Gasteiger partial charge in [0.25, 0.3) is 0 Å². The summed E-state index contributed by atoms with van der Waals surface area (Å²) >= 11 is 0. The van der Waals surface area contributed by atoms with Gasteiger partial charge in [-0.15, -0.1) is 10.2 Å². The first-order valence-electron chi connectivity index (χ1n) is 6.24. The van der Waals surface area contributed by atoms with Crippen molar-refractivity contribution >= 4 is 27.8 Å². The van der Waals surface area contributed by atoms with Crippen LogP contribution in [-0.2, 0) is 0 Å². The van der Waals surface area contributed by atoms with Gasteiger partial charge in [-0.25, -0.2) is 5.53 Å². The van der Waals surface area contributed by atoms with Crippen LogP contribution in [0.25, 0.3) is 10.8 Å². The number of nitrogens with one attached hydrogen (secondary N) is 1. The van der Waals surface area contributed by atoms with Gasteiger partial charge in [0.1, 0.15) is 11.4 Å². The fourth-order valence-electron chi connectivity index (χ4n) is 2.05. The van der Waals surface area contributed by atoms with Crippen molar-refractivity contribution in [3.63, 3.8) is 0 Å². The molecule has 1 N–H and O–H groups in total. The van der Waals surface area contributed by atoms with Crippen LogP contribution in [0.4, 0.5) is 17.1 Å². The molecule has 0 aliphatic rings. The normalized spacial score (nSPS) is 11.0. The monoisotopic (exact) mass is 260 g/mol. The van der Waals surface area contributed by atoms with E-state index in [4.69, 9.17) is 5.53 Å². The number of rotatable bonds is 3. The van der Waals surface area contributed by atoms with Crippen LogP contribution in [0.3, 0.4) is 0 Å². The molecule has 0 atom stereocenters. The second-order valence-electron chi connectivity index (χ2n) is 4.30. The molecular weight excluding hydrogens is 248 g/mol. The Morgan fingerprint density at radius 1 is 0.600 bits per heavy atom. The van der Waals surface area contributed by atoms with E-state index in [1.165, 1.54) is 0 Å². The molecule has 0 spiro atoms. The fourth-order valence-corrected chi connectivity index (χ4v) is 2.05. The Balaban J connectivity index is 2.05. The van der Waals surface area contributed by atoms with Gasteiger partial charge >= 0.3 is 0 Å². The van der Waals surface area contributed by atoms with Gasteiger partial charge in [0.15, 0.2) is 0 Å². The Hall–Kier alpha value is -2.88. The maximum atomic E-state index is 7.12. The van der Waals surface area contributed by atoms with Gasteiger partial charge in [0.05, 0.1) is 5.69 Å². The fraction of sp³-hybridized carbons (Fsp3) is 0. The van der Waals surface area contributed by atoms with E-state index in [9.17, 15) is 0 Å². The minimum Gasteiger partial charge on any atom is -0.204 e. The molecule has 4 heteroatoms. The lowest BCUT2D eigenvalue weighted by atomic mass is 10.1. The minimum atomic E-state index is 0.511. The predicted molar refractivity (Wildman–Crippen MR) is 79.4 cm³/mol. The van der Waals surface area contributed by atoms with Crippen molar-refractivity contribution in [2.75, 3.05) is 0 Å². The smallest absolute Gasteiger partial charge is 0.113 e. The first-order valence-corrected chi connectivity index (χ1v) is 6.24. The lowest BCUT2D eigenvalue weighted by molar-refractivity contribution is 1.13. The second kappa shape index (κ2) is 5.40. The average molecular weight is 260 g/mol. The Labute approximate surface area is 116 Å². The Kier molecular flexibility index (Phi) is 3.29. The zero-order valence-electron chi connectivity index (χ0n) is 10.7. The van der Waals surface area contributed by atoms with Crippen molar-refractivity contribution in [1.82, 2.24) is 0 Å². The summed E-state index contributed by atoms with van der Waals surface area (Å²) in [5.41, 5.74) is 9.03. The molecule has 20 heavy (non-hydrogen) atoms. The number of azo groups is 1. The van der Waals surface area contributed by atoms with Crippen LogP contribution in [0, 0.1) is 5.53 Å². The third-order valence-electron chi connectivity index (χ3n) is 3.03. The Morgan fingerprint density at radius 3 is 2.05 bits per heavy atom.